The highest BCUT2D eigenvalue weighted by Crippen LogP contribution is 2.22. The van der Waals surface area contributed by atoms with Gasteiger partial charge in [-0.15, -0.1) is 0 Å². The molecule has 1 atom stereocenters. The van der Waals surface area contributed by atoms with Crippen LogP contribution in [0.15, 0.2) is 0 Å². The SMILES string of the molecule is CCc1nn(CC)c(CC(COC)NC)c1Cl. The lowest BCUT2D eigenvalue weighted by molar-refractivity contribution is 0.168. The molecule has 5 heteroatoms. The van der Waals surface area contributed by atoms with E-state index in [0.717, 1.165) is 35.8 Å². The molecular formula is C12H22ClN3O. The van der Waals surface area contributed by atoms with Crippen molar-refractivity contribution in [1.29, 1.82) is 0 Å². The molecule has 0 aliphatic heterocycles. The van der Waals surface area contributed by atoms with Crippen LogP contribution in [0.4, 0.5) is 0 Å². The monoisotopic (exact) mass is 259 g/mol. The normalized spacial score (nSPS) is 13.0. The Labute approximate surface area is 108 Å². The first-order chi connectivity index (χ1) is 8.17. The van der Waals surface area contributed by atoms with Gasteiger partial charge in [-0.3, -0.25) is 4.68 Å². The molecule has 0 spiro atoms. The van der Waals surface area contributed by atoms with E-state index in [1.54, 1.807) is 7.11 Å². The van der Waals surface area contributed by atoms with Crippen molar-refractivity contribution in [2.45, 2.75) is 39.3 Å². The maximum absolute atomic E-state index is 6.36. The third-order valence-corrected chi connectivity index (χ3v) is 3.35. The zero-order chi connectivity index (χ0) is 12.8. The Hall–Kier alpha value is -0.580. The quantitative estimate of drug-likeness (QED) is 0.813. The summed E-state index contributed by atoms with van der Waals surface area (Å²) in [6.45, 7) is 5.67. The molecule has 1 N–H and O–H groups in total. The van der Waals surface area contributed by atoms with Gasteiger partial charge in [-0.05, 0) is 20.4 Å². The fourth-order valence-electron chi connectivity index (χ4n) is 1.89. The summed E-state index contributed by atoms with van der Waals surface area (Å²) in [6, 6.07) is 0.268. The lowest BCUT2D eigenvalue weighted by Crippen LogP contribution is -2.33. The number of rotatable bonds is 7. The van der Waals surface area contributed by atoms with Gasteiger partial charge >= 0.3 is 0 Å². The molecule has 4 nitrogen and oxygen atoms in total. The minimum Gasteiger partial charge on any atom is -0.383 e. The summed E-state index contributed by atoms with van der Waals surface area (Å²) in [5, 5.41) is 8.55. The van der Waals surface area contributed by atoms with E-state index in [-0.39, 0.29) is 6.04 Å². The minimum absolute atomic E-state index is 0.268. The first-order valence-corrected chi connectivity index (χ1v) is 6.45. The minimum atomic E-state index is 0.268. The van der Waals surface area contributed by atoms with Crippen molar-refractivity contribution in [3.05, 3.63) is 16.4 Å². The smallest absolute Gasteiger partial charge is 0.0850 e. The van der Waals surface area contributed by atoms with Crippen LogP contribution in [-0.2, 0) is 24.1 Å². The molecule has 1 aromatic heterocycles. The molecule has 98 valence electrons. The Bertz CT molecular complexity index is 352. The molecule has 1 heterocycles. The largest absolute Gasteiger partial charge is 0.383 e. The Morgan fingerprint density at radius 2 is 2.18 bits per heavy atom. The third kappa shape index (κ3) is 3.44. The van der Waals surface area contributed by atoms with Crippen LogP contribution in [0.25, 0.3) is 0 Å². The summed E-state index contributed by atoms with van der Waals surface area (Å²) >= 11 is 6.36. The molecule has 1 aromatic rings. The van der Waals surface area contributed by atoms with Crippen molar-refractivity contribution in [1.82, 2.24) is 15.1 Å². The molecule has 0 aliphatic carbocycles. The lowest BCUT2D eigenvalue weighted by atomic mass is 10.1. The first-order valence-electron chi connectivity index (χ1n) is 6.08. The second-order valence-electron chi connectivity index (χ2n) is 4.02. The summed E-state index contributed by atoms with van der Waals surface area (Å²) in [6.07, 6.45) is 1.71. The van der Waals surface area contributed by atoms with E-state index in [1.807, 2.05) is 11.7 Å². The van der Waals surface area contributed by atoms with Gasteiger partial charge in [0.2, 0.25) is 0 Å². The van der Waals surface area contributed by atoms with Crippen molar-refractivity contribution in [2.24, 2.45) is 0 Å². The molecule has 0 radical (unpaired) electrons. The predicted molar refractivity (Wildman–Crippen MR) is 70.7 cm³/mol. The molecule has 0 amide bonds. The van der Waals surface area contributed by atoms with Crippen LogP contribution >= 0.6 is 11.6 Å². The van der Waals surface area contributed by atoms with Crippen LogP contribution in [0.2, 0.25) is 5.02 Å². The highest BCUT2D eigenvalue weighted by molar-refractivity contribution is 6.31. The number of hydrogen-bond donors (Lipinski definition) is 1. The zero-order valence-corrected chi connectivity index (χ0v) is 11.8. The van der Waals surface area contributed by atoms with E-state index in [9.17, 15) is 0 Å². The topological polar surface area (TPSA) is 39.1 Å². The van der Waals surface area contributed by atoms with Gasteiger partial charge in [0.05, 0.1) is 23.0 Å². The van der Waals surface area contributed by atoms with Gasteiger partial charge in [-0.25, -0.2) is 0 Å². The van der Waals surface area contributed by atoms with E-state index in [2.05, 4.69) is 24.3 Å². The van der Waals surface area contributed by atoms with Gasteiger partial charge in [0.25, 0.3) is 0 Å². The fourth-order valence-corrected chi connectivity index (χ4v) is 2.24. The number of aromatic nitrogens is 2. The van der Waals surface area contributed by atoms with Gasteiger partial charge in [0.15, 0.2) is 0 Å². The Balaban J connectivity index is 2.91. The number of methoxy groups -OCH3 is 1. The average Bonchev–Trinajstić information content (AvgIpc) is 2.65. The van der Waals surface area contributed by atoms with Crippen molar-refractivity contribution in [3.8, 4) is 0 Å². The van der Waals surface area contributed by atoms with Crippen LogP contribution in [0.3, 0.4) is 0 Å². The Morgan fingerprint density at radius 1 is 1.47 bits per heavy atom. The lowest BCUT2D eigenvalue weighted by Gasteiger charge is -2.15. The standard InChI is InChI=1S/C12H22ClN3O/c1-5-10-12(13)11(16(6-2)15-10)7-9(14-3)8-17-4/h9,14H,5-8H2,1-4H3. The number of halogens is 1. The number of nitrogens with one attached hydrogen (secondary N) is 1. The number of nitrogens with zero attached hydrogens (tertiary/aromatic N) is 2. The van der Waals surface area contributed by atoms with E-state index in [4.69, 9.17) is 16.3 Å². The molecule has 1 rings (SSSR count). The highest BCUT2D eigenvalue weighted by atomic mass is 35.5. The van der Waals surface area contributed by atoms with Gasteiger partial charge in [-0.2, -0.15) is 5.10 Å². The van der Waals surface area contributed by atoms with Gasteiger partial charge < -0.3 is 10.1 Å². The van der Waals surface area contributed by atoms with Crippen molar-refractivity contribution in [3.63, 3.8) is 0 Å². The molecule has 17 heavy (non-hydrogen) atoms. The number of hydrogen-bond acceptors (Lipinski definition) is 3. The summed E-state index contributed by atoms with van der Waals surface area (Å²) in [5.41, 5.74) is 2.08. The van der Waals surface area contributed by atoms with Gasteiger partial charge in [0.1, 0.15) is 0 Å². The van der Waals surface area contributed by atoms with E-state index in [0.29, 0.717) is 6.61 Å². The molecule has 0 aliphatic rings. The summed E-state index contributed by atoms with van der Waals surface area (Å²) in [4.78, 5) is 0. The number of likely N-dealkylation sites (N-methyl/N-ethyl adjacent to an activating group) is 1. The molecule has 1 unspecified atom stereocenters. The molecular weight excluding hydrogens is 238 g/mol. The maximum atomic E-state index is 6.36. The van der Waals surface area contributed by atoms with Crippen molar-refractivity contribution >= 4 is 11.6 Å². The summed E-state index contributed by atoms with van der Waals surface area (Å²) < 4.78 is 7.17. The third-order valence-electron chi connectivity index (χ3n) is 2.91. The Kier molecular flexibility index (Phi) is 5.95. The number of ether oxygens (including phenoxy) is 1. The molecule has 0 saturated heterocycles. The molecule has 0 fully saturated rings. The number of aryl methyl sites for hydroxylation is 2. The van der Waals surface area contributed by atoms with Crippen molar-refractivity contribution in [2.75, 3.05) is 20.8 Å². The summed E-state index contributed by atoms with van der Waals surface area (Å²) in [5.74, 6) is 0. The molecule has 0 saturated carbocycles. The molecule has 0 aromatic carbocycles. The van der Waals surface area contributed by atoms with E-state index < -0.39 is 0 Å². The van der Waals surface area contributed by atoms with Crippen LogP contribution in [0, 0.1) is 0 Å². The predicted octanol–water partition coefficient (Wildman–Crippen LogP) is 1.90. The van der Waals surface area contributed by atoms with E-state index in [1.165, 1.54) is 0 Å². The van der Waals surface area contributed by atoms with Gasteiger partial charge in [-0.1, -0.05) is 18.5 Å². The second-order valence-corrected chi connectivity index (χ2v) is 4.40. The van der Waals surface area contributed by atoms with Crippen LogP contribution < -0.4 is 5.32 Å². The van der Waals surface area contributed by atoms with Crippen LogP contribution in [-0.4, -0.2) is 36.6 Å². The second kappa shape index (κ2) is 6.99. The van der Waals surface area contributed by atoms with Crippen LogP contribution in [0.1, 0.15) is 25.2 Å². The average molecular weight is 260 g/mol. The maximum Gasteiger partial charge on any atom is 0.0850 e. The summed E-state index contributed by atoms with van der Waals surface area (Å²) in [7, 11) is 3.64. The molecule has 0 bridgehead atoms. The first kappa shape index (κ1) is 14.5. The van der Waals surface area contributed by atoms with Crippen molar-refractivity contribution < 1.29 is 4.74 Å². The van der Waals surface area contributed by atoms with Gasteiger partial charge in [0, 0.05) is 26.1 Å². The Morgan fingerprint density at radius 3 is 2.65 bits per heavy atom. The zero-order valence-electron chi connectivity index (χ0n) is 11.1. The fraction of sp³-hybridized carbons (Fsp3) is 0.750. The van der Waals surface area contributed by atoms with Crippen LogP contribution in [0.5, 0.6) is 0 Å². The van der Waals surface area contributed by atoms with E-state index >= 15 is 0 Å². The highest BCUT2D eigenvalue weighted by Gasteiger charge is 2.17.